The summed E-state index contributed by atoms with van der Waals surface area (Å²) in [6, 6.07) is 8.97. The molecule has 0 aliphatic heterocycles. The van der Waals surface area contributed by atoms with Crippen molar-refractivity contribution in [3.05, 3.63) is 54.0 Å². The Kier molecular flexibility index (Phi) is 3.84. The molecule has 2 aromatic rings. The monoisotopic (exact) mass is 273 g/mol. The molecular weight excluding hydrogens is 257 g/mol. The van der Waals surface area contributed by atoms with Gasteiger partial charge < -0.3 is 4.74 Å². The molecule has 1 heterocycles. The minimum atomic E-state index is -0.443. The Balaban J connectivity index is 2.12. The second-order valence-electron chi connectivity index (χ2n) is 5.52. The Hall–Kier alpha value is -2.23. The Morgan fingerprint density at radius 3 is 2.25 bits per heavy atom. The number of carbonyl (C=O) groups is 1. The lowest BCUT2D eigenvalue weighted by atomic mass is 9.87. The second-order valence-corrected chi connectivity index (χ2v) is 5.52. The van der Waals surface area contributed by atoms with Gasteiger partial charge in [-0.15, -0.1) is 0 Å². The highest BCUT2D eigenvalue weighted by atomic mass is 19.1. The number of ether oxygens (including phenoxy) is 1. The van der Waals surface area contributed by atoms with E-state index in [-0.39, 0.29) is 11.6 Å². The highest BCUT2D eigenvalue weighted by Crippen LogP contribution is 2.23. The molecule has 0 unspecified atom stereocenters. The van der Waals surface area contributed by atoms with Crippen LogP contribution in [0.25, 0.3) is 0 Å². The SMILES string of the molecule is CC(C)(C)C(=O)c1ccc(Oc2ccc(F)cc2)nc1. The number of hydrogen-bond donors (Lipinski definition) is 0. The maximum Gasteiger partial charge on any atom is 0.219 e. The summed E-state index contributed by atoms with van der Waals surface area (Å²) in [7, 11) is 0. The smallest absolute Gasteiger partial charge is 0.219 e. The number of aromatic nitrogens is 1. The van der Waals surface area contributed by atoms with Gasteiger partial charge in [-0.2, -0.15) is 0 Å². The Morgan fingerprint density at radius 1 is 1.10 bits per heavy atom. The third-order valence-corrected chi connectivity index (χ3v) is 2.72. The molecule has 1 aromatic heterocycles. The number of benzene rings is 1. The summed E-state index contributed by atoms with van der Waals surface area (Å²) in [6.45, 7) is 5.58. The molecule has 104 valence electrons. The van der Waals surface area contributed by atoms with Crippen LogP contribution < -0.4 is 4.74 Å². The predicted molar refractivity (Wildman–Crippen MR) is 74.5 cm³/mol. The van der Waals surface area contributed by atoms with E-state index < -0.39 is 5.41 Å². The van der Waals surface area contributed by atoms with Crippen LogP contribution in [0.15, 0.2) is 42.6 Å². The van der Waals surface area contributed by atoms with Crippen LogP contribution in [0, 0.1) is 11.2 Å². The first-order chi connectivity index (χ1) is 9.36. The zero-order valence-electron chi connectivity index (χ0n) is 11.7. The van der Waals surface area contributed by atoms with Crippen molar-refractivity contribution in [3.8, 4) is 11.6 Å². The number of hydrogen-bond acceptors (Lipinski definition) is 3. The number of carbonyl (C=O) groups excluding carboxylic acids is 1. The van der Waals surface area contributed by atoms with Crippen molar-refractivity contribution in [1.82, 2.24) is 4.98 Å². The maximum atomic E-state index is 12.8. The van der Waals surface area contributed by atoms with Gasteiger partial charge in [0, 0.05) is 23.2 Å². The largest absolute Gasteiger partial charge is 0.439 e. The molecule has 0 N–H and O–H groups in total. The molecule has 0 aliphatic carbocycles. The third-order valence-electron chi connectivity index (χ3n) is 2.72. The van der Waals surface area contributed by atoms with Crippen LogP contribution in [-0.2, 0) is 0 Å². The number of nitrogens with zero attached hydrogens (tertiary/aromatic N) is 1. The summed E-state index contributed by atoms with van der Waals surface area (Å²) in [5.41, 5.74) is 0.102. The zero-order valence-corrected chi connectivity index (χ0v) is 11.7. The summed E-state index contributed by atoms with van der Waals surface area (Å²) in [5.74, 6) is 0.561. The summed E-state index contributed by atoms with van der Waals surface area (Å²) >= 11 is 0. The third kappa shape index (κ3) is 3.41. The molecule has 0 atom stereocenters. The van der Waals surface area contributed by atoms with E-state index in [0.717, 1.165) is 0 Å². The first-order valence-electron chi connectivity index (χ1n) is 6.30. The predicted octanol–water partition coefficient (Wildman–Crippen LogP) is 4.24. The second kappa shape index (κ2) is 5.41. The molecule has 0 saturated heterocycles. The summed E-state index contributed by atoms with van der Waals surface area (Å²) in [5, 5.41) is 0. The molecule has 4 heteroatoms. The quantitative estimate of drug-likeness (QED) is 0.785. The molecule has 0 bridgehead atoms. The van der Waals surface area contributed by atoms with E-state index >= 15 is 0 Å². The van der Waals surface area contributed by atoms with Gasteiger partial charge in [0.1, 0.15) is 11.6 Å². The van der Waals surface area contributed by atoms with Crippen molar-refractivity contribution in [2.45, 2.75) is 20.8 Å². The topological polar surface area (TPSA) is 39.2 Å². The molecule has 0 spiro atoms. The van der Waals surface area contributed by atoms with Crippen LogP contribution in [0.1, 0.15) is 31.1 Å². The lowest BCUT2D eigenvalue weighted by molar-refractivity contribution is 0.0858. The van der Waals surface area contributed by atoms with Gasteiger partial charge >= 0.3 is 0 Å². The Bertz CT molecular complexity index is 598. The van der Waals surface area contributed by atoms with Crippen LogP contribution in [0.3, 0.4) is 0 Å². The molecular formula is C16H16FNO2. The molecule has 1 aromatic carbocycles. The zero-order chi connectivity index (χ0) is 14.8. The Morgan fingerprint density at radius 2 is 1.75 bits per heavy atom. The molecule has 0 saturated carbocycles. The van der Waals surface area contributed by atoms with Crippen LogP contribution in [0.2, 0.25) is 0 Å². The van der Waals surface area contributed by atoms with Gasteiger partial charge in [-0.1, -0.05) is 20.8 Å². The minimum Gasteiger partial charge on any atom is -0.439 e. The van der Waals surface area contributed by atoms with E-state index in [4.69, 9.17) is 4.74 Å². The average molecular weight is 273 g/mol. The standard InChI is InChI=1S/C16H16FNO2/c1-16(2,3)15(19)11-4-9-14(18-10-11)20-13-7-5-12(17)6-8-13/h4-10H,1-3H3. The van der Waals surface area contributed by atoms with Gasteiger partial charge in [-0.25, -0.2) is 9.37 Å². The maximum absolute atomic E-state index is 12.8. The first-order valence-corrected chi connectivity index (χ1v) is 6.30. The fourth-order valence-electron chi connectivity index (χ4n) is 1.63. The van der Waals surface area contributed by atoms with E-state index in [1.807, 2.05) is 20.8 Å². The number of Topliss-reactive ketones (excluding diaryl/α,β-unsaturated/α-hetero) is 1. The highest BCUT2D eigenvalue weighted by Gasteiger charge is 2.23. The first kappa shape index (κ1) is 14.2. The molecule has 2 rings (SSSR count). The average Bonchev–Trinajstić information content (AvgIpc) is 2.40. The van der Waals surface area contributed by atoms with Crippen molar-refractivity contribution < 1.29 is 13.9 Å². The lowest BCUT2D eigenvalue weighted by Crippen LogP contribution is -2.20. The summed E-state index contributed by atoms with van der Waals surface area (Å²) < 4.78 is 18.2. The van der Waals surface area contributed by atoms with Crippen molar-refractivity contribution in [2.24, 2.45) is 5.41 Å². The van der Waals surface area contributed by atoms with Gasteiger partial charge in [0.25, 0.3) is 0 Å². The molecule has 0 amide bonds. The van der Waals surface area contributed by atoms with Crippen molar-refractivity contribution in [3.63, 3.8) is 0 Å². The van der Waals surface area contributed by atoms with Gasteiger partial charge in [0.2, 0.25) is 5.88 Å². The van der Waals surface area contributed by atoms with Gasteiger partial charge in [-0.3, -0.25) is 4.79 Å². The van der Waals surface area contributed by atoms with Crippen molar-refractivity contribution >= 4 is 5.78 Å². The number of halogens is 1. The van der Waals surface area contributed by atoms with Crippen LogP contribution in [-0.4, -0.2) is 10.8 Å². The molecule has 0 aliphatic rings. The minimum absolute atomic E-state index is 0.0262. The van der Waals surface area contributed by atoms with Crippen molar-refractivity contribution in [2.75, 3.05) is 0 Å². The molecule has 0 radical (unpaired) electrons. The van der Waals surface area contributed by atoms with E-state index in [1.165, 1.54) is 30.5 Å². The van der Waals surface area contributed by atoms with Crippen LogP contribution in [0.4, 0.5) is 4.39 Å². The fraction of sp³-hybridized carbons (Fsp3) is 0.250. The van der Waals surface area contributed by atoms with Gasteiger partial charge in [0.15, 0.2) is 5.78 Å². The Labute approximate surface area is 117 Å². The van der Waals surface area contributed by atoms with E-state index in [2.05, 4.69) is 4.98 Å². The van der Waals surface area contributed by atoms with E-state index in [0.29, 0.717) is 17.2 Å². The van der Waals surface area contributed by atoms with Gasteiger partial charge in [-0.05, 0) is 30.3 Å². The van der Waals surface area contributed by atoms with E-state index in [1.54, 1.807) is 12.1 Å². The summed E-state index contributed by atoms with van der Waals surface area (Å²) in [6.07, 6.45) is 1.49. The molecule has 0 fully saturated rings. The molecule has 3 nitrogen and oxygen atoms in total. The van der Waals surface area contributed by atoms with Gasteiger partial charge in [0.05, 0.1) is 0 Å². The lowest BCUT2D eigenvalue weighted by Gasteiger charge is -2.16. The van der Waals surface area contributed by atoms with Crippen molar-refractivity contribution in [1.29, 1.82) is 0 Å². The number of pyridine rings is 1. The number of rotatable bonds is 3. The van der Waals surface area contributed by atoms with Crippen LogP contribution in [0.5, 0.6) is 11.6 Å². The normalized spacial score (nSPS) is 11.2. The highest BCUT2D eigenvalue weighted by molar-refractivity contribution is 5.99. The summed E-state index contributed by atoms with van der Waals surface area (Å²) in [4.78, 5) is 16.1. The van der Waals surface area contributed by atoms with E-state index in [9.17, 15) is 9.18 Å². The fourth-order valence-corrected chi connectivity index (χ4v) is 1.63. The number of ketones is 1. The van der Waals surface area contributed by atoms with Crippen LogP contribution >= 0.6 is 0 Å². The molecule has 20 heavy (non-hydrogen) atoms.